The van der Waals surface area contributed by atoms with E-state index in [1.54, 1.807) is 6.07 Å². The molecule has 1 nitrogen and oxygen atoms in total. The summed E-state index contributed by atoms with van der Waals surface area (Å²) in [5, 5.41) is 3.76. The van der Waals surface area contributed by atoms with Gasteiger partial charge in [-0.25, -0.2) is 4.39 Å². The predicted octanol–water partition coefficient (Wildman–Crippen LogP) is 5.05. The van der Waals surface area contributed by atoms with Gasteiger partial charge in [0.05, 0.1) is 0 Å². The molecule has 0 fully saturated rings. The molecule has 0 spiro atoms. The van der Waals surface area contributed by atoms with E-state index in [1.807, 2.05) is 13.1 Å². The number of hydrogen-bond acceptors (Lipinski definition) is 1. The average Bonchev–Trinajstić information content (AvgIpc) is 2.42. The quantitative estimate of drug-likeness (QED) is 0.808. The number of benzene rings is 2. The zero-order valence-corrected chi connectivity index (χ0v) is 13.7. The molecule has 0 saturated heterocycles. The fraction of sp³-hybridized carbons (Fsp3) is 0.250. The van der Waals surface area contributed by atoms with Gasteiger partial charge in [-0.3, -0.25) is 0 Å². The first kappa shape index (κ1) is 15.5. The molecule has 20 heavy (non-hydrogen) atoms. The second-order valence-corrected chi connectivity index (χ2v) is 5.96. The van der Waals surface area contributed by atoms with E-state index in [2.05, 4.69) is 40.3 Å². The van der Waals surface area contributed by atoms with Gasteiger partial charge in [0.25, 0.3) is 0 Å². The number of likely N-dealkylation sites (N-methyl/N-ethyl adjacent to an activating group) is 1. The standard InChI is InChI=1S/C16H16BrClFN/c1-10-4-3-5-13(16(10)17)15(20-2)8-11-6-7-12(19)9-14(11)18/h3-7,9,15,20H,8H2,1-2H3. The van der Waals surface area contributed by atoms with Crippen LogP contribution in [0.15, 0.2) is 40.9 Å². The first-order chi connectivity index (χ1) is 9.52. The first-order valence-electron chi connectivity index (χ1n) is 6.39. The van der Waals surface area contributed by atoms with Gasteiger partial charge in [-0.15, -0.1) is 0 Å². The van der Waals surface area contributed by atoms with Crippen molar-refractivity contribution in [2.24, 2.45) is 0 Å². The minimum Gasteiger partial charge on any atom is -0.313 e. The van der Waals surface area contributed by atoms with Crippen LogP contribution in [0.3, 0.4) is 0 Å². The molecule has 2 rings (SSSR count). The van der Waals surface area contributed by atoms with E-state index in [-0.39, 0.29) is 11.9 Å². The van der Waals surface area contributed by atoms with E-state index in [9.17, 15) is 4.39 Å². The van der Waals surface area contributed by atoms with Crippen molar-refractivity contribution in [1.82, 2.24) is 5.32 Å². The van der Waals surface area contributed by atoms with Crippen LogP contribution in [0, 0.1) is 12.7 Å². The van der Waals surface area contributed by atoms with Gasteiger partial charge in [0, 0.05) is 15.5 Å². The van der Waals surface area contributed by atoms with Crippen LogP contribution in [0.5, 0.6) is 0 Å². The number of aryl methyl sites for hydroxylation is 1. The average molecular weight is 357 g/mol. The van der Waals surface area contributed by atoms with Crippen LogP contribution < -0.4 is 5.32 Å². The van der Waals surface area contributed by atoms with Gasteiger partial charge < -0.3 is 5.32 Å². The molecule has 0 amide bonds. The number of nitrogens with one attached hydrogen (secondary N) is 1. The van der Waals surface area contributed by atoms with E-state index >= 15 is 0 Å². The summed E-state index contributed by atoms with van der Waals surface area (Å²) in [4.78, 5) is 0. The molecule has 0 bridgehead atoms. The topological polar surface area (TPSA) is 12.0 Å². The Bertz CT molecular complexity index is 615. The van der Waals surface area contributed by atoms with E-state index in [0.29, 0.717) is 11.4 Å². The Morgan fingerprint density at radius 1 is 1.30 bits per heavy atom. The highest BCUT2D eigenvalue weighted by atomic mass is 79.9. The summed E-state index contributed by atoms with van der Waals surface area (Å²) in [5.41, 5.74) is 3.29. The third-order valence-electron chi connectivity index (χ3n) is 3.38. The van der Waals surface area contributed by atoms with Crippen LogP contribution in [0.25, 0.3) is 0 Å². The maximum atomic E-state index is 13.1. The SMILES string of the molecule is CNC(Cc1ccc(F)cc1Cl)c1cccc(C)c1Br. The van der Waals surface area contributed by atoms with Crippen LogP contribution in [0.1, 0.15) is 22.7 Å². The highest BCUT2D eigenvalue weighted by molar-refractivity contribution is 9.10. The molecule has 106 valence electrons. The summed E-state index contributed by atoms with van der Waals surface area (Å²) in [6.07, 6.45) is 0.706. The molecular formula is C16H16BrClFN. The lowest BCUT2D eigenvalue weighted by atomic mass is 9.97. The third-order valence-corrected chi connectivity index (χ3v) is 4.82. The van der Waals surface area contributed by atoms with Crippen molar-refractivity contribution in [1.29, 1.82) is 0 Å². The normalized spacial score (nSPS) is 12.4. The van der Waals surface area contributed by atoms with Crippen molar-refractivity contribution in [2.45, 2.75) is 19.4 Å². The summed E-state index contributed by atoms with van der Waals surface area (Å²) < 4.78 is 14.2. The Labute approximate surface area is 132 Å². The summed E-state index contributed by atoms with van der Waals surface area (Å²) >= 11 is 9.74. The van der Waals surface area contributed by atoms with Crippen molar-refractivity contribution >= 4 is 27.5 Å². The van der Waals surface area contributed by atoms with Crippen LogP contribution in [0.2, 0.25) is 5.02 Å². The monoisotopic (exact) mass is 355 g/mol. The zero-order valence-electron chi connectivity index (χ0n) is 11.4. The zero-order chi connectivity index (χ0) is 14.7. The van der Waals surface area contributed by atoms with Gasteiger partial charge >= 0.3 is 0 Å². The maximum absolute atomic E-state index is 13.1. The Kier molecular flexibility index (Phi) is 5.19. The molecule has 0 aliphatic heterocycles. The lowest BCUT2D eigenvalue weighted by Crippen LogP contribution is -2.19. The molecule has 0 radical (unpaired) electrons. The molecule has 1 N–H and O–H groups in total. The van der Waals surface area contributed by atoms with Crippen molar-refractivity contribution in [3.63, 3.8) is 0 Å². The number of hydrogen-bond donors (Lipinski definition) is 1. The van der Waals surface area contributed by atoms with Gasteiger partial charge in [0.2, 0.25) is 0 Å². The molecule has 2 aromatic carbocycles. The maximum Gasteiger partial charge on any atom is 0.124 e. The molecule has 2 aromatic rings. The van der Waals surface area contributed by atoms with Gasteiger partial charge in [-0.05, 0) is 49.2 Å². The summed E-state index contributed by atoms with van der Waals surface area (Å²) in [6, 6.07) is 10.8. The number of halogens is 3. The Hall–Kier alpha value is -0.900. The molecule has 1 atom stereocenters. The summed E-state index contributed by atoms with van der Waals surface area (Å²) in [6.45, 7) is 2.06. The second kappa shape index (κ2) is 6.70. The fourth-order valence-electron chi connectivity index (χ4n) is 2.21. The van der Waals surface area contributed by atoms with E-state index in [4.69, 9.17) is 11.6 Å². The predicted molar refractivity (Wildman–Crippen MR) is 85.8 cm³/mol. The van der Waals surface area contributed by atoms with Gasteiger partial charge in [-0.2, -0.15) is 0 Å². The third kappa shape index (κ3) is 3.40. The van der Waals surface area contributed by atoms with Gasteiger partial charge in [-0.1, -0.05) is 51.8 Å². The highest BCUT2D eigenvalue weighted by Gasteiger charge is 2.16. The van der Waals surface area contributed by atoms with E-state index < -0.39 is 0 Å². The van der Waals surface area contributed by atoms with E-state index in [0.717, 1.165) is 10.0 Å². The first-order valence-corrected chi connectivity index (χ1v) is 7.56. The highest BCUT2D eigenvalue weighted by Crippen LogP contribution is 2.30. The van der Waals surface area contributed by atoms with Gasteiger partial charge in [0.15, 0.2) is 0 Å². The van der Waals surface area contributed by atoms with Crippen LogP contribution in [-0.4, -0.2) is 7.05 Å². The molecule has 0 aliphatic rings. The molecule has 0 aromatic heterocycles. The summed E-state index contributed by atoms with van der Waals surface area (Å²) in [5.74, 6) is -0.309. The van der Waals surface area contributed by atoms with E-state index in [1.165, 1.54) is 23.3 Å². The van der Waals surface area contributed by atoms with Crippen LogP contribution in [-0.2, 0) is 6.42 Å². The van der Waals surface area contributed by atoms with Crippen molar-refractivity contribution in [3.05, 3.63) is 68.4 Å². The van der Waals surface area contributed by atoms with Crippen molar-refractivity contribution in [2.75, 3.05) is 7.05 Å². The Morgan fingerprint density at radius 2 is 2.05 bits per heavy atom. The summed E-state index contributed by atoms with van der Waals surface area (Å²) in [7, 11) is 1.91. The lowest BCUT2D eigenvalue weighted by molar-refractivity contribution is 0.586. The Morgan fingerprint density at radius 3 is 2.70 bits per heavy atom. The number of rotatable bonds is 4. The molecule has 0 heterocycles. The largest absolute Gasteiger partial charge is 0.313 e. The molecule has 0 saturated carbocycles. The minimum absolute atomic E-state index is 0.118. The molecule has 0 aliphatic carbocycles. The van der Waals surface area contributed by atoms with Gasteiger partial charge in [0.1, 0.15) is 5.82 Å². The smallest absolute Gasteiger partial charge is 0.124 e. The van der Waals surface area contributed by atoms with Crippen molar-refractivity contribution < 1.29 is 4.39 Å². The Balaban J connectivity index is 2.31. The fourth-order valence-corrected chi connectivity index (χ4v) is 3.00. The van der Waals surface area contributed by atoms with Crippen LogP contribution in [0.4, 0.5) is 4.39 Å². The second-order valence-electron chi connectivity index (χ2n) is 4.76. The molecule has 1 unspecified atom stereocenters. The molecule has 4 heteroatoms. The van der Waals surface area contributed by atoms with Crippen molar-refractivity contribution in [3.8, 4) is 0 Å². The minimum atomic E-state index is -0.309. The molecular weight excluding hydrogens is 341 g/mol. The lowest BCUT2D eigenvalue weighted by Gasteiger charge is -2.20. The van der Waals surface area contributed by atoms with Crippen LogP contribution >= 0.6 is 27.5 Å².